The van der Waals surface area contributed by atoms with E-state index in [1.54, 1.807) is 13.0 Å². The molecule has 0 amide bonds. The molecule has 0 aliphatic rings. The first-order valence-corrected chi connectivity index (χ1v) is 5.20. The van der Waals surface area contributed by atoms with Gasteiger partial charge in [-0.05, 0) is 30.5 Å². The number of hydrogen-bond donors (Lipinski definition) is 0. The summed E-state index contributed by atoms with van der Waals surface area (Å²) in [7, 11) is 0. The topological polar surface area (TPSA) is 26.3 Å². The maximum atomic E-state index is 11.1. The van der Waals surface area contributed by atoms with Gasteiger partial charge >= 0.3 is 5.97 Å². The van der Waals surface area contributed by atoms with Gasteiger partial charge < -0.3 is 4.74 Å². The first kappa shape index (κ1) is 11.5. The Morgan fingerprint density at radius 2 is 2.20 bits per heavy atom. The van der Waals surface area contributed by atoms with Crippen LogP contribution < -0.4 is 0 Å². The fourth-order valence-electron chi connectivity index (χ4n) is 1.27. The fourth-order valence-corrected chi connectivity index (χ4v) is 1.27. The second-order valence-corrected chi connectivity index (χ2v) is 3.18. The highest BCUT2D eigenvalue weighted by molar-refractivity contribution is 5.87. The smallest absolute Gasteiger partial charge is 0.330 e. The average Bonchev–Trinajstić information content (AvgIpc) is 2.27. The molecule has 0 atom stereocenters. The monoisotopic (exact) mass is 204 g/mol. The largest absolute Gasteiger partial charge is 0.463 e. The number of carbonyl (C=O) groups excluding carboxylic acids is 1. The van der Waals surface area contributed by atoms with Crippen LogP contribution in [-0.2, 0) is 16.0 Å². The minimum Gasteiger partial charge on any atom is -0.463 e. The van der Waals surface area contributed by atoms with Crippen LogP contribution in [0.2, 0.25) is 0 Å². The summed E-state index contributed by atoms with van der Waals surface area (Å²) in [6.45, 7) is 4.32. The zero-order valence-electron chi connectivity index (χ0n) is 9.19. The highest BCUT2D eigenvalue weighted by Gasteiger charge is 1.94. The van der Waals surface area contributed by atoms with Gasteiger partial charge in [0, 0.05) is 6.08 Å². The van der Waals surface area contributed by atoms with Crippen molar-refractivity contribution in [3.8, 4) is 0 Å². The SMILES string of the molecule is CCOC(=O)C=Cc1cccc(CC)c1. The van der Waals surface area contributed by atoms with Crippen molar-refractivity contribution in [2.45, 2.75) is 20.3 Å². The summed E-state index contributed by atoms with van der Waals surface area (Å²) in [5.74, 6) is -0.292. The summed E-state index contributed by atoms with van der Waals surface area (Å²) in [5.41, 5.74) is 2.29. The van der Waals surface area contributed by atoms with Gasteiger partial charge in [0.05, 0.1) is 6.61 Å². The van der Waals surface area contributed by atoms with Gasteiger partial charge in [0.15, 0.2) is 0 Å². The van der Waals surface area contributed by atoms with E-state index in [2.05, 4.69) is 19.1 Å². The first-order valence-electron chi connectivity index (χ1n) is 5.20. The summed E-state index contributed by atoms with van der Waals surface area (Å²) in [6, 6.07) is 8.09. The van der Waals surface area contributed by atoms with E-state index < -0.39 is 0 Å². The van der Waals surface area contributed by atoms with E-state index in [9.17, 15) is 4.79 Å². The van der Waals surface area contributed by atoms with Gasteiger partial charge in [-0.2, -0.15) is 0 Å². The summed E-state index contributed by atoms with van der Waals surface area (Å²) in [6.07, 6.45) is 4.23. The van der Waals surface area contributed by atoms with Gasteiger partial charge in [0.2, 0.25) is 0 Å². The summed E-state index contributed by atoms with van der Waals surface area (Å²) in [5, 5.41) is 0. The highest BCUT2D eigenvalue weighted by atomic mass is 16.5. The zero-order chi connectivity index (χ0) is 11.1. The van der Waals surface area contributed by atoms with Crippen LogP contribution in [0.5, 0.6) is 0 Å². The molecule has 0 saturated heterocycles. The lowest BCUT2D eigenvalue weighted by Gasteiger charge is -1.98. The molecule has 0 N–H and O–H groups in total. The summed E-state index contributed by atoms with van der Waals surface area (Å²) in [4.78, 5) is 11.1. The second-order valence-electron chi connectivity index (χ2n) is 3.18. The lowest BCUT2D eigenvalue weighted by molar-refractivity contribution is -0.137. The van der Waals surface area contributed by atoms with Crippen LogP contribution in [0.4, 0.5) is 0 Å². The normalized spacial score (nSPS) is 10.5. The predicted octanol–water partition coefficient (Wildman–Crippen LogP) is 2.83. The Morgan fingerprint density at radius 1 is 1.40 bits per heavy atom. The minimum absolute atomic E-state index is 0.292. The third-order valence-corrected chi connectivity index (χ3v) is 2.06. The Balaban J connectivity index is 2.67. The molecule has 0 aliphatic heterocycles. The van der Waals surface area contributed by atoms with Gasteiger partial charge in [-0.3, -0.25) is 0 Å². The molecule has 0 unspecified atom stereocenters. The molecule has 15 heavy (non-hydrogen) atoms. The zero-order valence-corrected chi connectivity index (χ0v) is 9.19. The number of aryl methyl sites for hydroxylation is 1. The Hall–Kier alpha value is -1.57. The van der Waals surface area contributed by atoms with E-state index in [1.165, 1.54) is 11.6 Å². The molecule has 0 aromatic heterocycles. The fraction of sp³-hybridized carbons (Fsp3) is 0.308. The molecule has 0 aliphatic carbocycles. The van der Waals surface area contributed by atoms with Crippen molar-refractivity contribution >= 4 is 12.0 Å². The maximum absolute atomic E-state index is 11.1. The van der Waals surface area contributed by atoms with Crippen LogP contribution in [0.3, 0.4) is 0 Å². The molecule has 0 spiro atoms. The number of hydrogen-bond acceptors (Lipinski definition) is 2. The van der Waals surface area contributed by atoms with Crippen molar-refractivity contribution < 1.29 is 9.53 Å². The molecular weight excluding hydrogens is 188 g/mol. The van der Waals surface area contributed by atoms with Crippen molar-refractivity contribution in [3.05, 3.63) is 41.5 Å². The minimum atomic E-state index is -0.292. The molecule has 1 rings (SSSR count). The Labute approximate surface area is 90.6 Å². The van der Waals surface area contributed by atoms with Gasteiger partial charge in [0.1, 0.15) is 0 Å². The van der Waals surface area contributed by atoms with Crippen molar-refractivity contribution in [3.63, 3.8) is 0 Å². The van der Waals surface area contributed by atoms with Crippen LogP contribution in [0.15, 0.2) is 30.3 Å². The maximum Gasteiger partial charge on any atom is 0.330 e. The molecule has 0 radical (unpaired) electrons. The van der Waals surface area contributed by atoms with Crippen molar-refractivity contribution in [2.75, 3.05) is 6.61 Å². The molecule has 80 valence electrons. The molecule has 2 nitrogen and oxygen atoms in total. The number of carbonyl (C=O) groups is 1. The molecule has 1 aromatic rings. The lowest BCUT2D eigenvalue weighted by Crippen LogP contribution is -1.98. The lowest BCUT2D eigenvalue weighted by atomic mass is 10.1. The van der Waals surface area contributed by atoms with E-state index in [4.69, 9.17) is 4.74 Å². The van der Waals surface area contributed by atoms with Gasteiger partial charge in [-0.15, -0.1) is 0 Å². The number of esters is 1. The molecule has 0 heterocycles. The van der Waals surface area contributed by atoms with Crippen LogP contribution in [0.25, 0.3) is 6.08 Å². The van der Waals surface area contributed by atoms with Gasteiger partial charge in [-0.1, -0.05) is 31.2 Å². The van der Waals surface area contributed by atoms with E-state index >= 15 is 0 Å². The molecular formula is C13H16O2. The number of rotatable bonds is 4. The Kier molecular flexibility index (Phi) is 4.61. The van der Waals surface area contributed by atoms with E-state index in [-0.39, 0.29) is 5.97 Å². The van der Waals surface area contributed by atoms with E-state index in [0.29, 0.717) is 6.61 Å². The molecule has 0 fully saturated rings. The third-order valence-electron chi connectivity index (χ3n) is 2.06. The first-order chi connectivity index (χ1) is 7.26. The van der Waals surface area contributed by atoms with E-state index in [0.717, 1.165) is 12.0 Å². The highest BCUT2D eigenvalue weighted by Crippen LogP contribution is 2.07. The molecule has 0 saturated carbocycles. The molecule has 2 heteroatoms. The van der Waals surface area contributed by atoms with Crippen LogP contribution >= 0.6 is 0 Å². The summed E-state index contributed by atoms with van der Waals surface area (Å²) < 4.78 is 4.79. The van der Waals surface area contributed by atoms with Gasteiger partial charge in [-0.25, -0.2) is 4.79 Å². The van der Waals surface area contributed by atoms with Gasteiger partial charge in [0.25, 0.3) is 0 Å². The van der Waals surface area contributed by atoms with Crippen LogP contribution in [-0.4, -0.2) is 12.6 Å². The standard InChI is InChI=1S/C13H16O2/c1-3-11-6-5-7-12(10-11)8-9-13(14)15-4-2/h5-10H,3-4H2,1-2H3. The number of ether oxygens (including phenoxy) is 1. The number of benzene rings is 1. The van der Waals surface area contributed by atoms with Crippen LogP contribution in [0, 0.1) is 0 Å². The third kappa shape index (κ3) is 3.98. The quantitative estimate of drug-likeness (QED) is 0.557. The van der Waals surface area contributed by atoms with Crippen LogP contribution in [0.1, 0.15) is 25.0 Å². The second kappa shape index (κ2) is 6.02. The Bertz CT molecular complexity index is 353. The van der Waals surface area contributed by atoms with Crippen molar-refractivity contribution in [2.24, 2.45) is 0 Å². The average molecular weight is 204 g/mol. The summed E-state index contributed by atoms with van der Waals surface area (Å²) >= 11 is 0. The Morgan fingerprint density at radius 3 is 2.87 bits per heavy atom. The molecule has 0 bridgehead atoms. The van der Waals surface area contributed by atoms with Crippen molar-refractivity contribution in [1.29, 1.82) is 0 Å². The predicted molar refractivity (Wildman–Crippen MR) is 61.5 cm³/mol. The molecule has 1 aromatic carbocycles. The van der Waals surface area contributed by atoms with E-state index in [1.807, 2.05) is 12.1 Å². The van der Waals surface area contributed by atoms with Crippen molar-refractivity contribution in [1.82, 2.24) is 0 Å².